The van der Waals surface area contributed by atoms with Gasteiger partial charge in [-0.2, -0.15) is 21.3 Å². The molecule has 2 aliphatic heterocycles. The van der Waals surface area contributed by atoms with Crippen molar-refractivity contribution in [1.82, 2.24) is 17.8 Å². The average Bonchev–Trinajstić information content (AvgIpc) is 3.07. The first-order valence-electron chi connectivity index (χ1n) is 17.5. The van der Waals surface area contributed by atoms with Gasteiger partial charge in [-0.05, 0) is 98.9 Å². The van der Waals surface area contributed by atoms with Crippen molar-refractivity contribution in [1.29, 1.82) is 0 Å². The number of rotatable bonds is 8. The zero-order valence-corrected chi connectivity index (χ0v) is 30.1. The molecule has 260 valence electrons. The van der Waals surface area contributed by atoms with Gasteiger partial charge >= 0.3 is 0 Å². The molecule has 47 heavy (non-hydrogen) atoms. The Labute approximate surface area is 284 Å². The summed E-state index contributed by atoms with van der Waals surface area (Å²) in [4.78, 5) is 4.64. The van der Waals surface area contributed by atoms with Crippen LogP contribution in [0.3, 0.4) is 0 Å². The molecule has 2 heterocycles. The van der Waals surface area contributed by atoms with Crippen molar-refractivity contribution in [3.8, 4) is 0 Å². The fourth-order valence-electron chi connectivity index (χ4n) is 7.45. The van der Waals surface area contributed by atoms with E-state index >= 15 is 0 Å². The summed E-state index contributed by atoms with van der Waals surface area (Å²) in [5, 5.41) is 0. The third-order valence-corrected chi connectivity index (χ3v) is 14.0. The number of anilines is 1. The predicted molar refractivity (Wildman–Crippen MR) is 191 cm³/mol. The Morgan fingerprint density at radius 1 is 0.681 bits per heavy atom. The minimum absolute atomic E-state index is 0.0858. The Balaban J connectivity index is 1.34. The first-order chi connectivity index (χ1) is 22.5. The summed E-state index contributed by atoms with van der Waals surface area (Å²) in [6.07, 6.45) is 9.33. The Bertz CT molecular complexity index is 1500. The van der Waals surface area contributed by atoms with E-state index in [1.807, 2.05) is 49.3 Å². The SMILES string of the molecule is C=C1CN(S(=O)(=O)c2ccc(N(C)C)cc2)CCCN(CC2CCCCC2)CCCN(S(=O)(=O)N2CCC(c3ccccc3)CC2)C1. The second kappa shape index (κ2) is 16.4. The summed E-state index contributed by atoms with van der Waals surface area (Å²) in [6.45, 7) is 8.70. The van der Waals surface area contributed by atoms with Gasteiger partial charge in [0.25, 0.3) is 10.2 Å². The lowest BCUT2D eigenvalue weighted by Crippen LogP contribution is -2.49. The van der Waals surface area contributed by atoms with Crippen molar-refractivity contribution in [2.45, 2.75) is 68.6 Å². The Morgan fingerprint density at radius 3 is 1.89 bits per heavy atom. The highest BCUT2D eigenvalue weighted by atomic mass is 32.2. The van der Waals surface area contributed by atoms with Gasteiger partial charge in [-0.25, -0.2) is 8.42 Å². The molecule has 3 aliphatic rings. The highest BCUT2D eigenvalue weighted by molar-refractivity contribution is 7.89. The van der Waals surface area contributed by atoms with E-state index < -0.39 is 20.2 Å². The lowest BCUT2D eigenvalue weighted by molar-refractivity contribution is 0.187. The van der Waals surface area contributed by atoms with Gasteiger partial charge in [0.2, 0.25) is 10.0 Å². The van der Waals surface area contributed by atoms with E-state index in [9.17, 15) is 16.8 Å². The molecule has 1 saturated carbocycles. The van der Waals surface area contributed by atoms with Crippen LogP contribution in [0, 0.1) is 5.92 Å². The Kier molecular flexibility index (Phi) is 12.6. The van der Waals surface area contributed by atoms with Gasteiger partial charge in [-0.3, -0.25) is 0 Å². The van der Waals surface area contributed by atoms with Crippen LogP contribution in [0.1, 0.15) is 69.3 Å². The van der Waals surface area contributed by atoms with Crippen molar-refractivity contribution in [2.24, 2.45) is 5.92 Å². The molecule has 0 amide bonds. The topological polar surface area (TPSA) is 84.5 Å². The molecule has 5 rings (SSSR count). The van der Waals surface area contributed by atoms with Crippen molar-refractivity contribution in [3.63, 3.8) is 0 Å². The first kappa shape index (κ1) is 36.0. The molecule has 0 radical (unpaired) electrons. The van der Waals surface area contributed by atoms with Crippen LogP contribution in [0.4, 0.5) is 5.69 Å². The number of hydrogen-bond donors (Lipinski definition) is 0. The van der Waals surface area contributed by atoms with Crippen molar-refractivity contribution >= 4 is 25.9 Å². The molecule has 0 bridgehead atoms. The van der Waals surface area contributed by atoms with Crippen LogP contribution in [0.15, 0.2) is 71.6 Å². The van der Waals surface area contributed by atoms with Gasteiger partial charge < -0.3 is 9.80 Å². The van der Waals surface area contributed by atoms with E-state index in [-0.39, 0.29) is 18.0 Å². The van der Waals surface area contributed by atoms with Crippen LogP contribution in [0.25, 0.3) is 0 Å². The molecule has 2 aromatic rings. The molecule has 0 aromatic heterocycles. The monoisotopic (exact) mass is 685 g/mol. The van der Waals surface area contributed by atoms with Crippen LogP contribution < -0.4 is 4.90 Å². The molecule has 11 heteroatoms. The summed E-state index contributed by atoms with van der Waals surface area (Å²) in [7, 11) is -3.73. The van der Waals surface area contributed by atoms with Crippen molar-refractivity contribution in [3.05, 3.63) is 72.3 Å². The second-order valence-electron chi connectivity index (χ2n) is 13.9. The van der Waals surface area contributed by atoms with E-state index in [0.29, 0.717) is 50.0 Å². The molecule has 1 aliphatic carbocycles. The third kappa shape index (κ3) is 9.45. The van der Waals surface area contributed by atoms with Gasteiger partial charge in [-0.1, -0.05) is 56.2 Å². The van der Waals surface area contributed by atoms with Crippen LogP contribution in [0.5, 0.6) is 0 Å². The van der Waals surface area contributed by atoms with Crippen molar-refractivity contribution < 1.29 is 16.8 Å². The van der Waals surface area contributed by atoms with Crippen LogP contribution in [-0.2, 0) is 20.2 Å². The summed E-state index contributed by atoms with van der Waals surface area (Å²) in [6, 6.07) is 17.3. The molecule has 9 nitrogen and oxygen atoms in total. The van der Waals surface area contributed by atoms with Gasteiger partial charge in [0.15, 0.2) is 0 Å². The van der Waals surface area contributed by atoms with Crippen LogP contribution in [-0.4, -0.2) is 108 Å². The number of sulfonamides is 1. The van der Waals surface area contributed by atoms with Crippen LogP contribution >= 0.6 is 0 Å². The summed E-state index contributed by atoms with van der Waals surface area (Å²) in [5.41, 5.74) is 2.77. The zero-order chi connectivity index (χ0) is 33.4. The van der Waals surface area contributed by atoms with E-state index in [4.69, 9.17) is 0 Å². The Morgan fingerprint density at radius 2 is 1.28 bits per heavy atom. The molecule has 2 aromatic carbocycles. The normalized spacial score (nSPS) is 22.0. The van der Waals surface area contributed by atoms with Crippen LogP contribution in [0.2, 0.25) is 0 Å². The fourth-order valence-corrected chi connectivity index (χ4v) is 10.7. The fraction of sp³-hybridized carbons (Fsp3) is 0.611. The van der Waals surface area contributed by atoms with E-state index in [0.717, 1.165) is 44.6 Å². The highest BCUT2D eigenvalue weighted by Crippen LogP contribution is 2.30. The smallest absolute Gasteiger partial charge is 0.282 e. The lowest BCUT2D eigenvalue weighted by atomic mass is 9.89. The molecule has 0 spiro atoms. The summed E-state index contributed by atoms with van der Waals surface area (Å²) < 4.78 is 61.1. The average molecular weight is 686 g/mol. The van der Waals surface area contributed by atoms with Gasteiger partial charge in [0, 0.05) is 65.6 Å². The third-order valence-electron chi connectivity index (χ3n) is 10.2. The van der Waals surface area contributed by atoms with Gasteiger partial charge in [0.05, 0.1) is 4.90 Å². The van der Waals surface area contributed by atoms with E-state index in [2.05, 4.69) is 23.6 Å². The van der Waals surface area contributed by atoms with Gasteiger partial charge in [-0.15, -0.1) is 0 Å². The molecular formula is C36H55N5O4S2. The van der Waals surface area contributed by atoms with Gasteiger partial charge in [0.1, 0.15) is 0 Å². The number of nitrogens with zero attached hydrogens (tertiary/aromatic N) is 5. The number of benzene rings is 2. The first-order valence-corrected chi connectivity index (χ1v) is 20.3. The predicted octanol–water partition coefficient (Wildman–Crippen LogP) is 5.40. The molecule has 0 atom stereocenters. The maximum atomic E-state index is 14.2. The quantitative estimate of drug-likeness (QED) is 0.346. The number of hydrogen-bond acceptors (Lipinski definition) is 6. The minimum Gasteiger partial charge on any atom is -0.378 e. The molecule has 2 saturated heterocycles. The molecular weight excluding hydrogens is 631 g/mol. The maximum absolute atomic E-state index is 14.2. The standard InChI is InChI=1S/C36H55N5O4S2/c1-31-28-40(46(42,43)36-18-16-35(17-19-36)37(2)3)24-10-22-38(30-32-12-6-4-7-13-32)23-11-25-41(29-31)47(44,45)39-26-20-34(21-27-39)33-14-8-5-9-15-33/h5,8-9,14-19,32,34H,1,4,6-7,10-13,20-30H2,2-3H3. The summed E-state index contributed by atoms with van der Waals surface area (Å²) in [5.74, 6) is 1.00. The maximum Gasteiger partial charge on any atom is 0.282 e. The van der Waals surface area contributed by atoms with Crippen molar-refractivity contribution in [2.75, 3.05) is 77.9 Å². The summed E-state index contributed by atoms with van der Waals surface area (Å²) >= 11 is 0. The van der Waals surface area contributed by atoms with E-state index in [1.54, 1.807) is 20.7 Å². The second-order valence-corrected chi connectivity index (χ2v) is 17.8. The number of piperidine rings is 1. The molecule has 0 N–H and O–H groups in total. The van der Waals surface area contributed by atoms with E-state index in [1.165, 1.54) is 42.0 Å². The minimum atomic E-state index is -3.82. The largest absolute Gasteiger partial charge is 0.378 e. The Hall–Kier alpha value is -2.28. The lowest BCUT2D eigenvalue weighted by Gasteiger charge is -2.36. The molecule has 3 fully saturated rings. The zero-order valence-electron chi connectivity index (χ0n) is 28.5. The highest BCUT2D eigenvalue weighted by Gasteiger charge is 2.35. The molecule has 0 unspecified atom stereocenters.